The number of sulfone groups is 2. The second kappa shape index (κ2) is 19.3. The summed E-state index contributed by atoms with van der Waals surface area (Å²) in [7, 11) is -4.66. The van der Waals surface area contributed by atoms with Crippen molar-refractivity contribution >= 4 is 73.1 Å². The third-order valence-corrected chi connectivity index (χ3v) is 16.0. The molecule has 0 N–H and O–H groups in total. The standard InChI is InChI=1S/C48H32Br2O8S4/c49-33-17-25-39(26-18-33)61(51,52)41-29-21-37(22-30-41)55-43-13-7-15-45(47(43)57-35-9-3-1-4-10-35)59-60-46-16-8-14-44(48(46)58-36-11-5-2-6-12-36)56-38-23-31-42(32-24-38)62(53,54)40-27-19-34(50)20-28-40/h1-32H. The lowest BCUT2D eigenvalue weighted by Crippen LogP contribution is -2.01. The van der Waals surface area contributed by atoms with Gasteiger partial charge in [-0.3, -0.25) is 0 Å². The molecule has 0 aliphatic rings. The van der Waals surface area contributed by atoms with E-state index < -0.39 is 19.7 Å². The minimum absolute atomic E-state index is 0.134. The molecule has 14 heteroatoms. The Kier molecular flexibility index (Phi) is 13.4. The molecule has 0 aliphatic heterocycles. The maximum absolute atomic E-state index is 13.3. The molecule has 0 atom stereocenters. The van der Waals surface area contributed by atoms with Crippen LogP contribution in [-0.2, 0) is 19.7 Å². The lowest BCUT2D eigenvalue weighted by atomic mass is 10.3. The number of ether oxygens (including phenoxy) is 4. The van der Waals surface area contributed by atoms with Gasteiger partial charge in [-0.25, -0.2) is 16.8 Å². The van der Waals surface area contributed by atoms with Crippen molar-refractivity contribution in [1.82, 2.24) is 0 Å². The van der Waals surface area contributed by atoms with E-state index in [1.54, 1.807) is 84.9 Å². The molecule has 8 rings (SSSR count). The second-order valence-electron chi connectivity index (χ2n) is 13.2. The highest BCUT2D eigenvalue weighted by Crippen LogP contribution is 2.52. The topological polar surface area (TPSA) is 105 Å². The third kappa shape index (κ3) is 10.2. The number of benzene rings is 8. The minimum Gasteiger partial charge on any atom is -0.453 e. The first kappa shape index (κ1) is 43.2. The van der Waals surface area contributed by atoms with Gasteiger partial charge in [0, 0.05) is 8.95 Å². The highest BCUT2D eigenvalue weighted by molar-refractivity contribution is 9.10. The van der Waals surface area contributed by atoms with E-state index in [-0.39, 0.29) is 19.6 Å². The van der Waals surface area contributed by atoms with Crippen molar-refractivity contribution < 1.29 is 35.8 Å². The van der Waals surface area contributed by atoms with Crippen LogP contribution in [0.4, 0.5) is 0 Å². The van der Waals surface area contributed by atoms with Crippen LogP contribution in [0.5, 0.6) is 46.0 Å². The Morgan fingerprint density at radius 3 is 0.968 bits per heavy atom. The Hall–Kier alpha value is -5.48. The zero-order chi connectivity index (χ0) is 43.1. The second-order valence-corrected chi connectivity index (χ2v) is 21.2. The van der Waals surface area contributed by atoms with Crippen LogP contribution in [0.1, 0.15) is 0 Å². The summed E-state index contributed by atoms with van der Waals surface area (Å²) in [6.07, 6.45) is 0. The fourth-order valence-corrected chi connectivity index (χ4v) is 11.2. The van der Waals surface area contributed by atoms with Crippen LogP contribution < -0.4 is 18.9 Å². The molecule has 0 saturated carbocycles. The molecule has 310 valence electrons. The summed E-state index contributed by atoms with van der Waals surface area (Å²) >= 11 is 6.71. The van der Waals surface area contributed by atoms with Gasteiger partial charge in [-0.15, -0.1) is 0 Å². The molecular formula is C48H32Br2O8S4. The zero-order valence-electron chi connectivity index (χ0n) is 32.1. The Bertz CT molecular complexity index is 2820. The largest absolute Gasteiger partial charge is 0.453 e. The molecular weight excluding hydrogens is 993 g/mol. The SMILES string of the molecule is O=S(=O)(c1ccc(Br)cc1)c1ccc(Oc2cccc(SSc3cccc(Oc4ccc(S(=O)(=O)c5ccc(Br)cc5)cc4)c3Oc3ccccc3)c2Oc2ccccc2)cc1. The molecule has 0 saturated heterocycles. The summed E-state index contributed by atoms with van der Waals surface area (Å²) in [4.78, 5) is 2.09. The van der Waals surface area contributed by atoms with Crippen molar-refractivity contribution in [2.24, 2.45) is 0 Å². The lowest BCUT2D eigenvalue weighted by molar-refractivity contribution is 0.410. The molecule has 8 aromatic rings. The van der Waals surface area contributed by atoms with E-state index in [1.165, 1.54) is 45.9 Å². The van der Waals surface area contributed by atoms with Crippen molar-refractivity contribution in [1.29, 1.82) is 0 Å². The Labute approximate surface area is 384 Å². The summed E-state index contributed by atoms with van der Waals surface area (Å²) in [6, 6.07) is 55.2. The van der Waals surface area contributed by atoms with Crippen LogP contribution in [0.25, 0.3) is 0 Å². The van der Waals surface area contributed by atoms with E-state index >= 15 is 0 Å². The minimum atomic E-state index is -3.75. The summed E-state index contributed by atoms with van der Waals surface area (Å²) in [5, 5.41) is 0. The molecule has 62 heavy (non-hydrogen) atoms. The molecule has 8 aromatic carbocycles. The summed E-state index contributed by atoms with van der Waals surface area (Å²) in [5.74, 6) is 3.70. The number of hydrogen-bond donors (Lipinski definition) is 0. The summed E-state index contributed by atoms with van der Waals surface area (Å²) in [6.45, 7) is 0. The highest BCUT2D eigenvalue weighted by atomic mass is 79.9. The first-order valence-corrected chi connectivity index (χ1v) is 25.4. The summed E-state index contributed by atoms with van der Waals surface area (Å²) < 4.78 is 80.6. The first-order chi connectivity index (χ1) is 30.0. The number of rotatable bonds is 15. The fraction of sp³-hybridized carbons (Fsp3) is 0. The van der Waals surface area contributed by atoms with Gasteiger partial charge in [0.25, 0.3) is 0 Å². The van der Waals surface area contributed by atoms with Gasteiger partial charge >= 0.3 is 0 Å². The van der Waals surface area contributed by atoms with Gasteiger partial charge in [-0.1, -0.05) is 80.4 Å². The van der Waals surface area contributed by atoms with Gasteiger partial charge in [-0.05, 0) is 167 Å². The van der Waals surface area contributed by atoms with E-state index in [0.29, 0.717) is 46.0 Å². The highest BCUT2D eigenvalue weighted by Gasteiger charge is 2.22. The van der Waals surface area contributed by atoms with Gasteiger partial charge in [0.2, 0.25) is 19.7 Å². The molecule has 0 amide bonds. The molecule has 0 heterocycles. The predicted molar refractivity (Wildman–Crippen MR) is 250 cm³/mol. The molecule has 0 aromatic heterocycles. The molecule has 0 radical (unpaired) electrons. The van der Waals surface area contributed by atoms with Crippen LogP contribution in [0.3, 0.4) is 0 Å². The van der Waals surface area contributed by atoms with Gasteiger partial charge in [0.1, 0.15) is 23.0 Å². The fourth-order valence-electron chi connectivity index (χ4n) is 5.91. The smallest absolute Gasteiger partial charge is 0.206 e. The van der Waals surface area contributed by atoms with Crippen LogP contribution in [0, 0.1) is 0 Å². The average molecular weight is 1020 g/mol. The number of para-hydroxylation sites is 4. The van der Waals surface area contributed by atoms with E-state index in [0.717, 1.165) is 18.7 Å². The number of hydrogen-bond acceptors (Lipinski definition) is 10. The molecule has 0 bridgehead atoms. The Morgan fingerprint density at radius 1 is 0.323 bits per heavy atom. The van der Waals surface area contributed by atoms with E-state index in [9.17, 15) is 16.8 Å². The molecule has 0 fully saturated rings. The maximum Gasteiger partial charge on any atom is 0.206 e. The van der Waals surface area contributed by atoms with Gasteiger partial charge in [-0.2, -0.15) is 0 Å². The van der Waals surface area contributed by atoms with E-state index in [1.807, 2.05) is 84.9 Å². The monoisotopic (exact) mass is 1020 g/mol. The molecule has 0 aliphatic carbocycles. The molecule has 0 spiro atoms. The van der Waals surface area contributed by atoms with Crippen molar-refractivity contribution in [3.63, 3.8) is 0 Å². The van der Waals surface area contributed by atoms with Crippen LogP contribution in [0.15, 0.2) is 232 Å². The van der Waals surface area contributed by atoms with Crippen LogP contribution in [-0.4, -0.2) is 16.8 Å². The average Bonchev–Trinajstić information content (AvgIpc) is 3.29. The van der Waals surface area contributed by atoms with Crippen LogP contribution in [0.2, 0.25) is 0 Å². The van der Waals surface area contributed by atoms with Crippen molar-refractivity contribution in [3.8, 4) is 46.0 Å². The van der Waals surface area contributed by atoms with E-state index in [2.05, 4.69) is 31.9 Å². The molecule has 8 nitrogen and oxygen atoms in total. The summed E-state index contributed by atoms with van der Waals surface area (Å²) in [5.41, 5.74) is 0. The normalized spacial score (nSPS) is 11.5. The quantitative estimate of drug-likeness (QED) is 0.0922. The van der Waals surface area contributed by atoms with Gasteiger partial charge < -0.3 is 18.9 Å². The zero-order valence-corrected chi connectivity index (χ0v) is 38.6. The van der Waals surface area contributed by atoms with Crippen molar-refractivity contribution in [3.05, 3.63) is 203 Å². The van der Waals surface area contributed by atoms with Gasteiger partial charge in [0.15, 0.2) is 23.0 Å². The van der Waals surface area contributed by atoms with E-state index in [4.69, 9.17) is 18.9 Å². The lowest BCUT2D eigenvalue weighted by Gasteiger charge is -2.18. The third-order valence-electron chi connectivity index (χ3n) is 9.00. The number of halogens is 2. The molecule has 0 unspecified atom stereocenters. The van der Waals surface area contributed by atoms with Crippen molar-refractivity contribution in [2.45, 2.75) is 29.4 Å². The Balaban J connectivity index is 1.07. The first-order valence-electron chi connectivity index (χ1n) is 18.7. The predicted octanol–water partition coefficient (Wildman–Crippen LogP) is 14.8. The van der Waals surface area contributed by atoms with Crippen molar-refractivity contribution in [2.75, 3.05) is 0 Å². The maximum atomic E-state index is 13.3. The van der Waals surface area contributed by atoms with Crippen LogP contribution >= 0.6 is 53.4 Å². The Morgan fingerprint density at radius 2 is 0.629 bits per heavy atom. The van der Waals surface area contributed by atoms with Gasteiger partial charge in [0.05, 0.1) is 29.4 Å².